The number of nitrogens with zero attached hydrogens (tertiary/aromatic N) is 4. The van der Waals surface area contributed by atoms with Gasteiger partial charge in [0.1, 0.15) is 11.5 Å². The Morgan fingerprint density at radius 1 is 1.03 bits per heavy atom. The highest BCUT2D eigenvalue weighted by molar-refractivity contribution is 6.16. The van der Waals surface area contributed by atoms with Gasteiger partial charge in [0, 0.05) is 5.56 Å². The van der Waals surface area contributed by atoms with Gasteiger partial charge in [-0.05, 0) is 53.6 Å². The summed E-state index contributed by atoms with van der Waals surface area (Å²) in [5, 5.41) is 29.2. The van der Waals surface area contributed by atoms with Gasteiger partial charge < -0.3 is 5.11 Å². The summed E-state index contributed by atoms with van der Waals surface area (Å²) in [6.45, 7) is 1.71. The second-order valence-electron chi connectivity index (χ2n) is 6.50. The quantitative estimate of drug-likeness (QED) is 0.531. The van der Waals surface area contributed by atoms with Gasteiger partial charge in [0.05, 0.1) is 11.6 Å². The first-order valence-electron chi connectivity index (χ1n) is 8.94. The molecule has 4 rings (SSSR count). The lowest BCUT2D eigenvalue weighted by Crippen LogP contribution is -2.11. The normalized spacial score (nSPS) is 11.4. The predicted octanol–water partition coefficient (Wildman–Crippen LogP) is 4.36. The van der Waals surface area contributed by atoms with Gasteiger partial charge >= 0.3 is 5.97 Å². The van der Waals surface area contributed by atoms with E-state index in [2.05, 4.69) is 16.3 Å². The molecular weight excluding hydrogens is 364 g/mol. The summed E-state index contributed by atoms with van der Waals surface area (Å²) < 4.78 is 1.52. The second-order valence-corrected chi connectivity index (χ2v) is 6.50. The van der Waals surface area contributed by atoms with Crippen LogP contribution >= 0.6 is 0 Å². The van der Waals surface area contributed by atoms with E-state index in [4.69, 9.17) is 5.26 Å². The summed E-state index contributed by atoms with van der Waals surface area (Å²) in [6, 6.07) is 22.4. The van der Waals surface area contributed by atoms with Crippen LogP contribution in [0.4, 0.5) is 0 Å². The predicted molar refractivity (Wildman–Crippen MR) is 111 cm³/mol. The maximum atomic E-state index is 12.2. The van der Waals surface area contributed by atoms with Gasteiger partial charge in [-0.15, -0.1) is 10.2 Å². The monoisotopic (exact) mass is 380 g/mol. The summed E-state index contributed by atoms with van der Waals surface area (Å²) in [6.07, 6.45) is 1.63. The molecule has 0 aliphatic heterocycles. The first-order valence-corrected chi connectivity index (χ1v) is 8.94. The number of aliphatic carboxylic acids is 1. The molecule has 0 saturated carbocycles. The number of carboxylic acids is 1. The molecule has 4 aromatic rings. The number of aryl methyl sites for hydroxylation is 1. The third kappa shape index (κ3) is 3.37. The van der Waals surface area contributed by atoms with Gasteiger partial charge in [-0.3, -0.25) is 4.57 Å². The molecule has 0 aliphatic carbocycles. The zero-order valence-electron chi connectivity index (χ0n) is 15.6. The van der Waals surface area contributed by atoms with E-state index in [0.717, 1.165) is 16.3 Å². The Morgan fingerprint density at radius 3 is 2.48 bits per heavy atom. The number of rotatable bonds is 4. The minimum Gasteiger partial charge on any atom is -0.477 e. The molecule has 0 radical (unpaired) electrons. The fourth-order valence-electron chi connectivity index (χ4n) is 3.28. The Labute approximate surface area is 167 Å². The fourth-order valence-corrected chi connectivity index (χ4v) is 3.28. The lowest BCUT2D eigenvalue weighted by atomic mass is 10.0. The zero-order chi connectivity index (χ0) is 20.4. The lowest BCUT2D eigenvalue weighted by molar-refractivity contribution is -0.130. The molecule has 0 aliphatic rings. The summed E-state index contributed by atoms with van der Waals surface area (Å²) in [5.41, 5.74) is 2.03. The van der Waals surface area contributed by atoms with E-state index in [-0.39, 0.29) is 5.70 Å². The van der Waals surface area contributed by atoms with Gasteiger partial charge in [-0.1, -0.05) is 42.5 Å². The van der Waals surface area contributed by atoms with Crippen molar-refractivity contribution in [2.45, 2.75) is 6.92 Å². The van der Waals surface area contributed by atoms with Crippen molar-refractivity contribution < 1.29 is 9.90 Å². The molecule has 1 aromatic heterocycles. The van der Waals surface area contributed by atoms with Crippen molar-refractivity contribution in [3.05, 3.63) is 83.7 Å². The van der Waals surface area contributed by atoms with Gasteiger partial charge in [0.2, 0.25) is 0 Å². The number of nitriles is 1. The molecule has 0 amide bonds. The molecule has 0 atom stereocenters. The molecule has 6 heteroatoms. The van der Waals surface area contributed by atoms with Gasteiger partial charge in [0.25, 0.3) is 0 Å². The van der Waals surface area contributed by atoms with Gasteiger partial charge in [-0.2, -0.15) is 5.26 Å². The van der Waals surface area contributed by atoms with Crippen LogP contribution in [-0.2, 0) is 4.79 Å². The highest BCUT2D eigenvalue weighted by atomic mass is 16.4. The summed E-state index contributed by atoms with van der Waals surface area (Å²) in [4.78, 5) is 12.2. The average molecular weight is 380 g/mol. The lowest BCUT2D eigenvalue weighted by Gasteiger charge is -2.11. The van der Waals surface area contributed by atoms with E-state index in [9.17, 15) is 9.90 Å². The minimum atomic E-state index is -1.09. The first-order chi connectivity index (χ1) is 14.1. The smallest absolute Gasteiger partial charge is 0.352 e. The number of hydrogen-bond donors (Lipinski definition) is 1. The SMILES string of the molecule is Cc1nnc(-c2ccc(C#N)cc2)n1/C(=C\c1cccc2ccccc12)C(=O)O. The first kappa shape index (κ1) is 18.1. The molecule has 29 heavy (non-hydrogen) atoms. The number of carbonyl (C=O) groups is 1. The van der Waals surface area contributed by atoms with Gasteiger partial charge in [0.15, 0.2) is 5.82 Å². The van der Waals surface area contributed by atoms with E-state index >= 15 is 0 Å². The molecule has 0 unspecified atom stereocenters. The van der Waals surface area contributed by atoms with E-state index in [1.165, 1.54) is 4.57 Å². The van der Waals surface area contributed by atoms with Crippen molar-refractivity contribution >= 4 is 28.5 Å². The Hall–Kier alpha value is -4.24. The second kappa shape index (κ2) is 7.41. The average Bonchev–Trinajstić information content (AvgIpc) is 3.13. The zero-order valence-corrected chi connectivity index (χ0v) is 15.6. The van der Waals surface area contributed by atoms with Crippen molar-refractivity contribution in [2.24, 2.45) is 0 Å². The van der Waals surface area contributed by atoms with Crippen LogP contribution in [0.15, 0.2) is 66.7 Å². The van der Waals surface area contributed by atoms with E-state index in [1.54, 1.807) is 37.3 Å². The summed E-state index contributed by atoms with van der Waals surface area (Å²) in [5.74, 6) is -0.227. The van der Waals surface area contributed by atoms with Gasteiger partial charge in [-0.25, -0.2) is 4.79 Å². The molecule has 0 fully saturated rings. The highest BCUT2D eigenvalue weighted by Gasteiger charge is 2.20. The Balaban J connectivity index is 1.91. The van der Waals surface area contributed by atoms with Crippen LogP contribution in [0.1, 0.15) is 17.0 Å². The van der Waals surface area contributed by atoms with E-state index in [0.29, 0.717) is 22.8 Å². The van der Waals surface area contributed by atoms with Crippen LogP contribution in [0.2, 0.25) is 0 Å². The Bertz CT molecular complexity index is 1290. The topological polar surface area (TPSA) is 91.8 Å². The highest BCUT2D eigenvalue weighted by Crippen LogP contribution is 2.26. The van der Waals surface area contributed by atoms with Crippen LogP contribution in [0, 0.1) is 18.3 Å². The van der Waals surface area contributed by atoms with Crippen LogP contribution in [-0.4, -0.2) is 25.8 Å². The molecular formula is C23H16N4O2. The maximum absolute atomic E-state index is 12.2. The standard InChI is InChI=1S/C23H16N4O2/c1-15-25-26-22(18-11-9-16(14-24)10-12-18)27(15)21(23(28)29)13-19-7-4-6-17-5-2-3-8-20(17)19/h2-13H,1H3,(H,28,29)/b21-13-. The number of aromatic nitrogens is 3. The largest absolute Gasteiger partial charge is 0.477 e. The van der Waals surface area contributed by atoms with Crippen molar-refractivity contribution in [2.75, 3.05) is 0 Å². The van der Waals surface area contributed by atoms with Crippen LogP contribution in [0.25, 0.3) is 33.9 Å². The molecule has 1 N–H and O–H groups in total. The number of hydrogen-bond acceptors (Lipinski definition) is 4. The summed E-state index contributed by atoms with van der Waals surface area (Å²) in [7, 11) is 0. The molecule has 0 spiro atoms. The molecule has 3 aromatic carbocycles. The maximum Gasteiger partial charge on any atom is 0.352 e. The third-order valence-electron chi connectivity index (χ3n) is 4.67. The molecule has 1 heterocycles. The number of carboxylic acid groups (broad SMARTS) is 1. The van der Waals surface area contributed by atoms with E-state index in [1.807, 2.05) is 42.5 Å². The number of fused-ring (bicyclic) bond motifs is 1. The number of benzene rings is 3. The van der Waals surface area contributed by atoms with Crippen LogP contribution in [0.5, 0.6) is 0 Å². The Kier molecular flexibility index (Phi) is 4.63. The molecule has 140 valence electrons. The van der Waals surface area contributed by atoms with E-state index < -0.39 is 5.97 Å². The Morgan fingerprint density at radius 2 is 1.76 bits per heavy atom. The molecule has 6 nitrogen and oxygen atoms in total. The van der Waals surface area contributed by atoms with Crippen molar-refractivity contribution in [3.63, 3.8) is 0 Å². The fraction of sp³-hybridized carbons (Fsp3) is 0.0435. The third-order valence-corrected chi connectivity index (χ3v) is 4.67. The van der Waals surface area contributed by atoms with Crippen molar-refractivity contribution in [3.8, 4) is 17.5 Å². The van der Waals surface area contributed by atoms with Crippen molar-refractivity contribution in [1.29, 1.82) is 5.26 Å². The van der Waals surface area contributed by atoms with Crippen LogP contribution < -0.4 is 0 Å². The summed E-state index contributed by atoms with van der Waals surface area (Å²) >= 11 is 0. The molecule has 0 saturated heterocycles. The van der Waals surface area contributed by atoms with Crippen molar-refractivity contribution in [1.82, 2.24) is 14.8 Å². The minimum absolute atomic E-state index is 0.0446. The van der Waals surface area contributed by atoms with Crippen LogP contribution in [0.3, 0.4) is 0 Å². The molecule has 0 bridgehead atoms.